The number of aromatic nitrogens is 2. The Hall–Kier alpha value is -2.40. The largest absolute Gasteiger partial charge is 0.443 e. The van der Waals surface area contributed by atoms with Crippen molar-refractivity contribution in [2.24, 2.45) is 0 Å². The fourth-order valence-electron chi connectivity index (χ4n) is 3.93. The third kappa shape index (κ3) is 3.00. The summed E-state index contributed by atoms with van der Waals surface area (Å²) in [6, 6.07) is 11.2. The summed E-state index contributed by atoms with van der Waals surface area (Å²) >= 11 is 0. The molecule has 5 heteroatoms. The molecule has 2 aromatic heterocycles. The molecule has 1 fully saturated rings. The fraction of sp³-hybridized carbons (Fsp3) is 0.400. The van der Waals surface area contributed by atoms with Crippen LogP contribution in [0.4, 0.5) is 5.82 Å². The molecule has 4 rings (SSSR count). The fourth-order valence-corrected chi connectivity index (χ4v) is 3.93. The van der Waals surface area contributed by atoms with Gasteiger partial charge in [0, 0.05) is 11.6 Å². The number of benzene rings is 1. The van der Waals surface area contributed by atoms with Crippen molar-refractivity contribution in [3.63, 3.8) is 0 Å². The lowest BCUT2D eigenvalue weighted by atomic mass is 9.94. The van der Waals surface area contributed by atoms with Gasteiger partial charge in [-0.15, -0.1) is 0 Å². The Balaban J connectivity index is 1.52. The first kappa shape index (κ1) is 16.1. The van der Waals surface area contributed by atoms with Gasteiger partial charge < -0.3 is 15.5 Å². The van der Waals surface area contributed by atoms with Crippen LogP contribution in [0.5, 0.6) is 0 Å². The number of fused-ring (bicyclic) bond motifs is 1. The highest BCUT2D eigenvalue weighted by atomic mass is 16.3. The van der Waals surface area contributed by atoms with Crippen molar-refractivity contribution < 1.29 is 4.42 Å². The summed E-state index contributed by atoms with van der Waals surface area (Å²) in [5.41, 5.74) is 9.15. The molecule has 0 saturated heterocycles. The highest BCUT2D eigenvalue weighted by Gasteiger charge is 2.28. The lowest BCUT2D eigenvalue weighted by molar-refractivity contribution is 0.469. The number of nitrogens with zero attached hydrogens (tertiary/aromatic N) is 2. The quantitative estimate of drug-likeness (QED) is 0.757. The van der Waals surface area contributed by atoms with E-state index in [1.165, 1.54) is 24.8 Å². The van der Waals surface area contributed by atoms with Gasteiger partial charge in [-0.1, -0.05) is 36.8 Å². The van der Waals surface area contributed by atoms with Crippen LogP contribution in [-0.2, 0) is 6.54 Å². The van der Waals surface area contributed by atoms with E-state index in [4.69, 9.17) is 10.2 Å². The molecule has 130 valence electrons. The zero-order valence-electron chi connectivity index (χ0n) is 14.7. The summed E-state index contributed by atoms with van der Waals surface area (Å²) in [6.07, 6.45) is 3.65. The maximum absolute atomic E-state index is 6.13. The molecule has 0 bridgehead atoms. The van der Waals surface area contributed by atoms with Crippen molar-refractivity contribution in [3.05, 3.63) is 53.0 Å². The maximum atomic E-state index is 6.13. The first-order valence-electron chi connectivity index (χ1n) is 8.94. The minimum atomic E-state index is 0.447. The van der Waals surface area contributed by atoms with Gasteiger partial charge in [-0.3, -0.25) is 0 Å². The van der Waals surface area contributed by atoms with E-state index >= 15 is 0 Å². The van der Waals surface area contributed by atoms with Crippen LogP contribution >= 0.6 is 0 Å². The van der Waals surface area contributed by atoms with E-state index in [9.17, 15) is 0 Å². The molecule has 0 aliphatic heterocycles. The molecule has 25 heavy (non-hydrogen) atoms. The number of rotatable bonds is 4. The van der Waals surface area contributed by atoms with E-state index in [0.717, 1.165) is 16.7 Å². The summed E-state index contributed by atoms with van der Waals surface area (Å²) in [5.74, 6) is 2.59. The van der Waals surface area contributed by atoms with Crippen molar-refractivity contribution in [1.82, 2.24) is 15.3 Å². The number of furan rings is 1. The van der Waals surface area contributed by atoms with E-state index in [-0.39, 0.29) is 0 Å². The second-order valence-corrected chi connectivity index (χ2v) is 6.92. The van der Waals surface area contributed by atoms with Gasteiger partial charge in [0.1, 0.15) is 17.4 Å². The minimum Gasteiger partial charge on any atom is -0.443 e. The van der Waals surface area contributed by atoms with Gasteiger partial charge in [0.15, 0.2) is 0 Å². The van der Waals surface area contributed by atoms with Gasteiger partial charge in [-0.2, -0.15) is 4.98 Å². The highest BCUT2D eigenvalue weighted by Crippen LogP contribution is 2.34. The molecule has 1 saturated carbocycles. The second-order valence-electron chi connectivity index (χ2n) is 6.92. The van der Waals surface area contributed by atoms with Crippen LogP contribution in [-0.4, -0.2) is 16.0 Å². The van der Waals surface area contributed by atoms with Crippen LogP contribution in [0.2, 0.25) is 0 Å². The zero-order valence-corrected chi connectivity index (χ0v) is 14.7. The van der Waals surface area contributed by atoms with E-state index in [1.54, 1.807) is 0 Å². The smallest absolute Gasteiger partial charge is 0.231 e. The molecule has 1 aliphatic carbocycles. The van der Waals surface area contributed by atoms with Gasteiger partial charge >= 0.3 is 0 Å². The molecule has 0 spiro atoms. The average molecular weight is 336 g/mol. The standard InChI is InChI=1S/C20H24N4O/c1-12-13(2)25-20-18(12)19(21)23-17(24-20)11-22-16-10-6-9-15(16)14-7-4-3-5-8-14/h3-5,7-8,15-16,22H,6,9-11H2,1-2H3,(H2,21,23,24)/t15-,16-/m1/s1. The van der Waals surface area contributed by atoms with Crippen LogP contribution in [0.25, 0.3) is 11.1 Å². The number of nitrogens with one attached hydrogen (secondary N) is 1. The lowest BCUT2D eigenvalue weighted by Crippen LogP contribution is -2.31. The van der Waals surface area contributed by atoms with Crippen LogP contribution in [0.3, 0.4) is 0 Å². The SMILES string of the molecule is Cc1oc2nc(CN[C@@H]3CCC[C@@H]3c3ccccc3)nc(N)c2c1C. The van der Waals surface area contributed by atoms with Crippen molar-refractivity contribution in [3.8, 4) is 0 Å². The Morgan fingerprint density at radius 1 is 1.16 bits per heavy atom. The Kier molecular flexibility index (Phi) is 4.17. The molecule has 3 aromatic rings. The molecular formula is C20H24N4O. The summed E-state index contributed by atoms with van der Waals surface area (Å²) < 4.78 is 5.72. The molecule has 1 aromatic carbocycles. The van der Waals surface area contributed by atoms with Crippen molar-refractivity contribution >= 4 is 16.9 Å². The Morgan fingerprint density at radius 3 is 2.76 bits per heavy atom. The van der Waals surface area contributed by atoms with Crippen LogP contribution in [0.1, 0.15) is 47.9 Å². The third-order valence-electron chi connectivity index (χ3n) is 5.37. The first-order valence-corrected chi connectivity index (χ1v) is 8.94. The zero-order chi connectivity index (χ0) is 17.4. The molecule has 5 nitrogen and oxygen atoms in total. The lowest BCUT2D eigenvalue weighted by Gasteiger charge is -2.21. The van der Waals surface area contributed by atoms with Gasteiger partial charge in [0.05, 0.1) is 11.9 Å². The summed E-state index contributed by atoms with van der Waals surface area (Å²) in [5, 5.41) is 4.47. The molecule has 3 N–H and O–H groups in total. The van der Waals surface area contributed by atoms with Crippen LogP contribution < -0.4 is 11.1 Å². The van der Waals surface area contributed by atoms with Crippen LogP contribution in [0.15, 0.2) is 34.7 Å². The van der Waals surface area contributed by atoms with Gasteiger partial charge in [-0.25, -0.2) is 4.98 Å². The monoisotopic (exact) mass is 336 g/mol. The van der Waals surface area contributed by atoms with E-state index in [0.29, 0.717) is 35.9 Å². The number of anilines is 1. The highest BCUT2D eigenvalue weighted by molar-refractivity contribution is 5.88. The predicted molar refractivity (Wildman–Crippen MR) is 99.4 cm³/mol. The topological polar surface area (TPSA) is 77.0 Å². The van der Waals surface area contributed by atoms with Crippen molar-refractivity contribution in [2.75, 3.05) is 5.73 Å². The van der Waals surface area contributed by atoms with Gasteiger partial charge in [0.25, 0.3) is 0 Å². The average Bonchev–Trinajstić information content (AvgIpc) is 3.19. The minimum absolute atomic E-state index is 0.447. The number of nitrogens with two attached hydrogens (primary N) is 1. The maximum Gasteiger partial charge on any atom is 0.231 e. The molecular weight excluding hydrogens is 312 g/mol. The first-order chi connectivity index (χ1) is 12.1. The molecule has 0 radical (unpaired) electrons. The van der Waals surface area contributed by atoms with Gasteiger partial charge in [0.2, 0.25) is 5.71 Å². The molecule has 0 unspecified atom stereocenters. The molecule has 2 heterocycles. The normalized spacial score (nSPS) is 20.4. The summed E-state index contributed by atoms with van der Waals surface area (Å²) in [7, 11) is 0. The number of aryl methyl sites for hydroxylation is 2. The van der Waals surface area contributed by atoms with Gasteiger partial charge in [-0.05, 0) is 38.2 Å². The number of hydrogen-bond acceptors (Lipinski definition) is 5. The van der Waals surface area contributed by atoms with E-state index in [1.807, 2.05) is 13.8 Å². The summed E-state index contributed by atoms with van der Waals surface area (Å²) in [6.45, 7) is 4.52. The Bertz CT molecular complexity index is 888. The number of nitrogen functional groups attached to an aromatic ring is 1. The molecule has 2 atom stereocenters. The second kappa shape index (κ2) is 6.48. The van der Waals surface area contributed by atoms with Crippen LogP contribution in [0, 0.1) is 13.8 Å². The third-order valence-corrected chi connectivity index (χ3v) is 5.37. The molecule has 1 aliphatic rings. The molecule has 0 amide bonds. The number of hydrogen-bond donors (Lipinski definition) is 2. The van der Waals surface area contributed by atoms with E-state index < -0.39 is 0 Å². The van der Waals surface area contributed by atoms with E-state index in [2.05, 4.69) is 45.6 Å². The summed E-state index contributed by atoms with van der Waals surface area (Å²) in [4.78, 5) is 9.03. The Labute approximate surface area is 147 Å². The van der Waals surface area contributed by atoms with Crippen molar-refractivity contribution in [1.29, 1.82) is 0 Å². The Morgan fingerprint density at radius 2 is 1.96 bits per heavy atom. The van der Waals surface area contributed by atoms with Crippen molar-refractivity contribution in [2.45, 2.75) is 51.6 Å². The predicted octanol–water partition coefficient (Wildman–Crippen LogP) is 3.85.